The molecule has 3 aromatic rings. The van der Waals surface area contributed by atoms with Crippen molar-refractivity contribution in [3.8, 4) is 0 Å². The number of hydrogen-bond acceptors (Lipinski definition) is 3. The minimum atomic E-state index is -0.0167. The summed E-state index contributed by atoms with van der Waals surface area (Å²) in [5, 5.41) is 0. The van der Waals surface area contributed by atoms with E-state index in [1.165, 1.54) is 0 Å². The summed E-state index contributed by atoms with van der Waals surface area (Å²) < 4.78 is 6.69. The highest BCUT2D eigenvalue weighted by atomic mass is 16.5. The van der Waals surface area contributed by atoms with Gasteiger partial charge in [0.1, 0.15) is 0 Å². The lowest BCUT2D eigenvalue weighted by Crippen LogP contribution is -2.22. The van der Waals surface area contributed by atoms with Gasteiger partial charge in [-0.2, -0.15) is 0 Å². The van der Waals surface area contributed by atoms with E-state index in [2.05, 4.69) is 9.97 Å². The first-order chi connectivity index (χ1) is 9.22. The first-order valence-corrected chi connectivity index (χ1v) is 6.20. The molecule has 0 saturated heterocycles. The van der Waals surface area contributed by atoms with Crippen molar-refractivity contribution < 1.29 is 4.74 Å². The average Bonchev–Trinajstić information content (AvgIpc) is 2.76. The number of hydrogen-bond donors (Lipinski definition) is 1. The summed E-state index contributed by atoms with van der Waals surface area (Å²) in [6.07, 6.45) is 0.580. The fraction of sp³-hybridized carbons (Fsp3) is 0.286. The number of imidazole rings is 1. The predicted molar refractivity (Wildman–Crippen MR) is 73.6 cm³/mol. The van der Waals surface area contributed by atoms with Gasteiger partial charge < -0.3 is 9.72 Å². The fourth-order valence-corrected chi connectivity index (χ4v) is 2.36. The molecule has 0 aliphatic carbocycles. The van der Waals surface area contributed by atoms with Crippen molar-refractivity contribution in [2.45, 2.75) is 13.3 Å². The van der Waals surface area contributed by atoms with Gasteiger partial charge in [-0.1, -0.05) is 12.1 Å². The molecule has 0 aliphatic heterocycles. The van der Waals surface area contributed by atoms with Gasteiger partial charge in [-0.25, -0.2) is 9.38 Å². The van der Waals surface area contributed by atoms with Crippen LogP contribution < -0.4 is 5.56 Å². The molecule has 0 atom stereocenters. The molecule has 0 amide bonds. The van der Waals surface area contributed by atoms with Gasteiger partial charge in [0, 0.05) is 19.1 Å². The summed E-state index contributed by atoms with van der Waals surface area (Å²) in [7, 11) is 1.63. The van der Waals surface area contributed by atoms with Crippen molar-refractivity contribution in [2.24, 2.45) is 0 Å². The normalized spacial score (nSPS) is 11.5. The zero-order valence-electron chi connectivity index (χ0n) is 10.9. The Hall–Kier alpha value is -2.14. The van der Waals surface area contributed by atoms with Crippen LogP contribution in [0.3, 0.4) is 0 Å². The van der Waals surface area contributed by atoms with Crippen LogP contribution in [0.1, 0.15) is 11.3 Å². The lowest BCUT2D eigenvalue weighted by molar-refractivity contribution is 0.201. The maximum atomic E-state index is 12.6. The van der Waals surface area contributed by atoms with Crippen LogP contribution in [0.4, 0.5) is 0 Å². The van der Waals surface area contributed by atoms with Crippen LogP contribution in [0, 0.1) is 6.92 Å². The molecule has 0 bridgehead atoms. The van der Waals surface area contributed by atoms with E-state index in [0.29, 0.717) is 24.4 Å². The number of para-hydroxylation sites is 2. The van der Waals surface area contributed by atoms with Gasteiger partial charge in [0.2, 0.25) is 5.78 Å². The number of nitrogens with zero attached hydrogens (tertiary/aromatic N) is 2. The number of H-pyrrole nitrogens is 1. The number of aryl methyl sites for hydroxylation is 1. The summed E-state index contributed by atoms with van der Waals surface area (Å²) in [6.45, 7) is 2.38. The second-order valence-corrected chi connectivity index (χ2v) is 4.52. The Morgan fingerprint density at radius 1 is 1.37 bits per heavy atom. The first-order valence-electron chi connectivity index (χ1n) is 6.20. The van der Waals surface area contributed by atoms with Gasteiger partial charge in [0.05, 0.1) is 23.3 Å². The SMILES string of the molecule is COCCc1c(C)nc2[nH]c3ccccc3n2c1=O. The molecule has 2 heterocycles. The Morgan fingerprint density at radius 2 is 2.16 bits per heavy atom. The maximum Gasteiger partial charge on any atom is 0.263 e. The summed E-state index contributed by atoms with van der Waals surface area (Å²) in [5.74, 6) is 0.588. The number of ether oxygens (including phenoxy) is 1. The van der Waals surface area contributed by atoms with E-state index in [4.69, 9.17) is 4.74 Å². The molecule has 3 rings (SSSR count). The van der Waals surface area contributed by atoms with Crippen molar-refractivity contribution >= 4 is 16.8 Å². The Kier molecular flexibility index (Phi) is 2.83. The third-order valence-corrected chi connectivity index (χ3v) is 3.33. The Labute approximate surface area is 109 Å². The molecule has 1 N–H and O–H groups in total. The van der Waals surface area contributed by atoms with Crippen LogP contribution >= 0.6 is 0 Å². The molecular formula is C14H15N3O2. The molecule has 98 valence electrons. The Balaban J connectivity index is 2.35. The molecular weight excluding hydrogens is 242 g/mol. The number of fused-ring (bicyclic) bond motifs is 3. The van der Waals surface area contributed by atoms with E-state index in [9.17, 15) is 4.79 Å². The van der Waals surface area contributed by atoms with Crippen molar-refractivity contribution in [2.75, 3.05) is 13.7 Å². The van der Waals surface area contributed by atoms with Crippen LogP contribution in [0.25, 0.3) is 16.8 Å². The van der Waals surface area contributed by atoms with Crippen molar-refractivity contribution in [3.05, 3.63) is 45.9 Å². The Morgan fingerprint density at radius 3 is 2.95 bits per heavy atom. The monoisotopic (exact) mass is 257 g/mol. The third-order valence-electron chi connectivity index (χ3n) is 3.33. The van der Waals surface area contributed by atoms with Gasteiger partial charge in [-0.3, -0.25) is 4.79 Å². The lowest BCUT2D eigenvalue weighted by atomic mass is 10.2. The van der Waals surface area contributed by atoms with Crippen LogP contribution in [0.5, 0.6) is 0 Å². The maximum absolute atomic E-state index is 12.6. The molecule has 19 heavy (non-hydrogen) atoms. The highest BCUT2D eigenvalue weighted by molar-refractivity contribution is 5.79. The molecule has 0 spiro atoms. The van der Waals surface area contributed by atoms with E-state index in [-0.39, 0.29) is 5.56 Å². The number of methoxy groups -OCH3 is 1. The van der Waals surface area contributed by atoms with Crippen LogP contribution in [0.15, 0.2) is 29.1 Å². The minimum absolute atomic E-state index is 0.0167. The third kappa shape index (κ3) is 1.82. The molecule has 1 aromatic carbocycles. The van der Waals surface area contributed by atoms with Crippen LogP contribution in [0.2, 0.25) is 0 Å². The number of nitrogens with one attached hydrogen (secondary N) is 1. The largest absolute Gasteiger partial charge is 0.384 e. The molecule has 5 nitrogen and oxygen atoms in total. The van der Waals surface area contributed by atoms with Crippen LogP contribution in [-0.2, 0) is 11.2 Å². The van der Waals surface area contributed by atoms with Crippen molar-refractivity contribution in [1.82, 2.24) is 14.4 Å². The average molecular weight is 257 g/mol. The summed E-state index contributed by atoms with van der Waals surface area (Å²) in [5.41, 5.74) is 3.22. The first kappa shape index (κ1) is 11.9. The van der Waals surface area contributed by atoms with E-state index in [0.717, 1.165) is 16.7 Å². The molecule has 0 fully saturated rings. The summed E-state index contributed by atoms with van der Waals surface area (Å²) >= 11 is 0. The zero-order chi connectivity index (χ0) is 13.4. The highest BCUT2D eigenvalue weighted by Gasteiger charge is 2.13. The molecule has 0 radical (unpaired) electrons. The summed E-state index contributed by atoms with van der Waals surface area (Å²) in [6, 6.07) is 7.70. The van der Waals surface area contributed by atoms with E-state index in [1.807, 2.05) is 31.2 Å². The second-order valence-electron chi connectivity index (χ2n) is 4.52. The molecule has 0 saturated carbocycles. The lowest BCUT2D eigenvalue weighted by Gasteiger charge is -2.04. The minimum Gasteiger partial charge on any atom is -0.384 e. The smallest absolute Gasteiger partial charge is 0.263 e. The van der Waals surface area contributed by atoms with E-state index >= 15 is 0 Å². The number of rotatable bonds is 3. The molecule has 5 heteroatoms. The molecule has 2 aromatic heterocycles. The van der Waals surface area contributed by atoms with Crippen molar-refractivity contribution in [1.29, 1.82) is 0 Å². The number of aromatic nitrogens is 3. The zero-order valence-corrected chi connectivity index (χ0v) is 10.9. The van der Waals surface area contributed by atoms with Crippen LogP contribution in [-0.4, -0.2) is 28.1 Å². The summed E-state index contributed by atoms with van der Waals surface area (Å²) in [4.78, 5) is 20.2. The Bertz CT molecular complexity index is 801. The van der Waals surface area contributed by atoms with E-state index in [1.54, 1.807) is 11.5 Å². The van der Waals surface area contributed by atoms with Crippen molar-refractivity contribution in [3.63, 3.8) is 0 Å². The van der Waals surface area contributed by atoms with E-state index < -0.39 is 0 Å². The van der Waals surface area contributed by atoms with Gasteiger partial charge in [0.25, 0.3) is 5.56 Å². The number of aromatic amines is 1. The topological polar surface area (TPSA) is 59.4 Å². The predicted octanol–water partition coefficient (Wildman–Crippen LogP) is 1.67. The second kappa shape index (κ2) is 4.51. The number of benzene rings is 1. The van der Waals surface area contributed by atoms with Gasteiger partial charge in [0.15, 0.2) is 0 Å². The van der Waals surface area contributed by atoms with Gasteiger partial charge in [-0.15, -0.1) is 0 Å². The highest BCUT2D eigenvalue weighted by Crippen LogP contribution is 2.14. The van der Waals surface area contributed by atoms with Gasteiger partial charge in [-0.05, 0) is 19.1 Å². The van der Waals surface area contributed by atoms with Gasteiger partial charge >= 0.3 is 0 Å². The quantitative estimate of drug-likeness (QED) is 0.776. The standard InChI is InChI=1S/C14H15N3O2/c1-9-10(7-8-19-2)13(18)17-12-6-4-3-5-11(12)16-14(17)15-9/h3-6H,7-8H2,1-2H3,(H,15,16). The molecule has 0 aliphatic rings. The molecule has 0 unspecified atom stereocenters. The fourth-order valence-electron chi connectivity index (χ4n) is 2.36.